The van der Waals surface area contributed by atoms with E-state index < -0.39 is 9.12 Å². The molecule has 0 fully saturated rings. The summed E-state index contributed by atoms with van der Waals surface area (Å²) in [4.78, 5) is 3.12. The summed E-state index contributed by atoms with van der Waals surface area (Å²) >= 11 is 0. The predicted octanol–water partition coefficient (Wildman–Crippen LogP) is 0.185. The van der Waals surface area contributed by atoms with Crippen molar-refractivity contribution in [1.82, 2.24) is 4.98 Å². The van der Waals surface area contributed by atoms with Gasteiger partial charge in [0.1, 0.15) is 0 Å². The molecule has 0 aromatic heterocycles. The third-order valence-corrected chi connectivity index (χ3v) is 3.01. The molecular formula is C5H16N2Si. The van der Waals surface area contributed by atoms with Crippen LogP contribution in [0.15, 0.2) is 0 Å². The topological polar surface area (TPSA) is 38.0 Å². The quantitative estimate of drug-likeness (QED) is 0.536. The monoisotopic (exact) mass is 132 g/mol. The van der Waals surface area contributed by atoms with Crippen molar-refractivity contribution in [3.63, 3.8) is 0 Å². The van der Waals surface area contributed by atoms with Crippen LogP contribution in [0.3, 0.4) is 0 Å². The van der Waals surface area contributed by atoms with Gasteiger partial charge >= 0.3 is 0 Å². The molecule has 1 atom stereocenters. The van der Waals surface area contributed by atoms with Crippen molar-refractivity contribution in [3.05, 3.63) is 0 Å². The normalized spacial score (nSPS) is 13.9. The Kier molecular flexibility index (Phi) is 5.37. The largest absolute Gasteiger partial charge is 0.341 e. The molecule has 1 unspecified atom stereocenters. The van der Waals surface area contributed by atoms with Crippen LogP contribution in [0.1, 0.15) is 19.8 Å². The molecule has 0 aliphatic carbocycles. The average molecular weight is 132 g/mol. The number of hydrogen-bond donors (Lipinski definition) is 2. The second kappa shape index (κ2) is 5.28. The minimum atomic E-state index is -0.949. The van der Waals surface area contributed by atoms with E-state index >= 15 is 0 Å². The molecule has 0 radical (unpaired) electrons. The van der Waals surface area contributed by atoms with Crippen molar-refractivity contribution < 1.29 is 0 Å². The molecule has 0 aromatic carbocycles. The SMILES string of the molecule is CCCC[SiH](N)NC. The van der Waals surface area contributed by atoms with E-state index in [4.69, 9.17) is 5.40 Å². The highest BCUT2D eigenvalue weighted by atomic mass is 28.3. The van der Waals surface area contributed by atoms with Gasteiger partial charge in [0.25, 0.3) is 0 Å². The van der Waals surface area contributed by atoms with E-state index in [9.17, 15) is 0 Å². The van der Waals surface area contributed by atoms with Gasteiger partial charge in [-0.2, -0.15) is 0 Å². The zero-order valence-electron chi connectivity index (χ0n) is 5.78. The van der Waals surface area contributed by atoms with Crippen LogP contribution in [0.25, 0.3) is 0 Å². The van der Waals surface area contributed by atoms with Crippen LogP contribution in [0.4, 0.5) is 0 Å². The summed E-state index contributed by atoms with van der Waals surface area (Å²) in [7, 11) is 1.00. The lowest BCUT2D eigenvalue weighted by Gasteiger charge is -2.04. The van der Waals surface area contributed by atoms with E-state index in [0.29, 0.717) is 0 Å². The lowest BCUT2D eigenvalue weighted by atomic mass is 10.4. The fourth-order valence-corrected chi connectivity index (χ4v) is 1.71. The second-order valence-electron chi connectivity index (χ2n) is 2.04. The van der Waals surface area contributed by atoms with Gasteiger partial charge in [-0.3, -0.25) is 0 Å². The van der Waals surface area contributed by atoms with E-state index in [0.717, 1.165) is 0 Å². The van der Waals surface area contributed by atoms with Gasteiger partial charge in [-0.1, -0.05) is 19.8 Å². The van der Waals surface area contributed by atoms with E-state index in [1.54, 1.807) is 0 Å². The van der Waals surface area contributed by atoms with Gasteiger partial charge in [0, 0.05) is 0 Å². The maximum absolute atomic E-state index is 5.69. The smallest absolute Gasteiger partial charge is 0.181 e. The number of rotatable bonds is 4. The summed E-state index contributed by atoms with van der Waals surface area (Å²) in [6.07, 6.45) is 2.55. The molecular weight excluding hydrogens is 116 g/mol. The van der Waals surface area contributed by atoms with E-state index in [-0.39, 0.29) is 0 Å². The molecule has 0 aliphatic rings. The molecule has 0 spiro atoms. The zero-order chi connectivity index (χ0) is 6.41. The molecule has 50 valence electrons. The first-order valence-corrected chi connectivity index (χ1v) is 5.30. The van der Waals surface area contributed by atoms with Crippen LogP contribution in [0, 0.1) is 0 Å². The van der Waals surface area contributed by atoms with Crippen LogP contribution in [-0.4, -0.2) is 16.2 Å². The van der Waals surface area contributed by atoms with E-state index in [1.807, 2.05) is 7.05 Å². The molecule has 3 N–H and O–H groups in total. The van der Waals surface area contributed by atoms with Crippen LogP contribution in [0.2, 0.25) is 6.04 Å². The first kappa shape index (κ1) is 8.14. The average Bonchev–Trinajstić information content (AvgIpc) is 1.83. The predicted molar refractivity (Wildman–Crippen MR) is 40.1 cm³/mol. The Bertz CT molecular complexity index is 49.7. The maximum atomic E-state index is 5.69. The molecule has 0 rings (SSSR count). The summed E-state index contributed by atoms with van der Waals surface area (Å²) in [5.74, 6) is 0. The standard InChI is InChI=1S/C5H16N2Si/c1-3-4-5-8(6)7-2/h7-8H,3-6H2,1-2H3. The first-order valence-electron chi connectivity index (χ1n) is 3.24. The summed E-state index contributed by atoms with van der Waals surface area (Å²) < 4.78 is 0. The lowest BCUT2D eigenvalue weighted by molar-refractivity contribution is 0.862. The van der Waals surface area contributed by atoms with Gasteiger partial charge in [-0.15, -0.1) is 0 Å². The lowest BCUT2D eigenvalue weighted by Crippen LogP contribution is -2.39. The molecule has 0 saturated carbocycles. The minimum absolute atomic E-state index is 0.949. The number of nitrogens with one attached hydrogen (secondary N) is 1. The highest BCUT2D eigenvalue weighted by molar-refractivity contribution is 6.52. The van der Waals surface area contributed by atoms with Crippen LogP contribution < -0.4 is 10.4 Å². The highest BCUT2D eigenvalue weighted by Crippen LogP contribution is 1.93. The summed E-state index contributed by atoms with van der Waals surface area (Å²) in [6.45, 7) is 2.19. The molecule has 0 saturated heterocycles. The summed E-state index contributed by atoms with van der Waals surface area (Å²) in [5.41, 5.74) is 0. The van der Waals surface area contributed by atoms with Crippen LogP contribution in [0.5, 0.6) is 0 Å². The third kappa shape index (κ3) is 4.30. The molecule has 8 heavy (non-hydrogen) atoms. The van der Waals surface area contributed by atoms with Gasteiger partial charge in [0.2, 0.25) is 0 Å². The molecule has 0 bridgehead atoms. The van der Waals surface area contributed by atoms with Gasteiger partial charge in [0.05, 0.1) is 0 Å². The molecule has 3 heteroatoms. The Labute approximate surface area is 53.2 Å². The Morgan fingerprint density at radius 1 is 1.62 bits per heavy atom. The van der Waals surface area contributed by atoms with Crippen molar-refractivity contribution in [1.29, 1.82) is 0 Å². The molecule has 0 aliphatic heterocycles. The van der Waals surface area contributed by atoms with Crippen molar-refractivity contribution in [3.8, 4) is 0 Å². The Morgan fingerprint density at radius 3 is 2.62 bits per heavy atom. The third-order valence-electron chi connectivity index (χ3n) is 1.24. The van der Waals surface area contributed by atoms with Crippen molar-refractivity contribution >= 4 is 9.12 Å². The fourth-order valence-electron chi connectivity index (χ4n) is 0.568. The molecule has 2 nitrogen and oxygen atoms in total. The molecule has 0 aromatic rings. The van der Waals surface area contributed by atoms with Crippen molar-refractivity contribution in [2.45, 2.75) is 25.8 Å². The van der Waals surface area contributed by atoms with E-state index in [1.165, 1.54) is 18.9 Å². The van der Waals surface area contributed by atoms with E-state index in [2.05, 4.69) is 11.9 Å². The highest BCUT2D eigenvalue weighted by Gasteiger charge is 1.97. The van der Waals surface area contributed by atoms with Crippen LogP contribution >= 0.6 is 0 Å². The van der Waals surface area contributed by atoms with Gasteiger partial charge in [0.15, 0.2) is 9.12 Å². The van der Waals surface area contributed by atoms with Crippen molar-refractivity contribution in [2.75, 3.05) is 7.05 Å². The van der Waals surface area contributed by atoms with Crippen LogP contribution in [-0.2, 0) is 0 Å². The fraction of sp³-hybridized carbons (Fsp3) is 1.00. The first-order chi connectivity index (χ1) is 3.81. The second-order valence-corrected chi connectivity index (χ2v) is 4.41. The number of nitrogens with two attached hydrogens (primary N) is 1. The Balaban J connectivity index is 2.86. The maximum Gasteiger partial charge on any atom is 0.181 e. The van der Waals surface area contributed by atoms with Gasteiger partial charge < -0.3 is 10.4 Å². The van der Waals surface area contributed by atoms with Gasteiger partial charge in [-0.25, -0.2) is 0 Å². The Morgan fingerprint density at radius 2 is 2.25 bits per heavy atom. The molecule has 0 heterocycles. The summed E-state index contributed by atoms with van der Waals surface area (Å²) in [6, 6.07) is 1.23. The van der Waals surface area contributed by atoms with Gasteiger partial charge in [-0.05, 0) is 13.1 Å². The minimum Gasteiger partial charge on any atom is -0.341 e. The molecule has 0 amide bonds. The zero-order valence-corrected chi connectivity index (χ0v) is 6.93. The van der Waals surface area contributed by atoms with Crippen molar-refractivity contribution in [2.24, 2.45) is 5.40 Å². The Hall–Kier alpha value is 0.137. The summed E-state index contributed by atoms with van der Waals surface area (Å²) in [5, 5.41) is 5.69. The number of unbranched alkanes of at least 4 members (excludes halogenated alkanes) is 1. The number of hydrogen-bond acceptors (Lipinski definition) is 2.